The lowest BCUT2D eigenvalue weighted by molar-refractivity contribution is 0.0600. The molecule has 0 N–H and O–H groups in total. The molecule has 0 aliphatic carbocycles. The topological polar surface area (TPSA) is 39.2 Å². The Morgan fingerprint density at radius 1 is 1.22 bits per heavy atom. The molecule has 2 aromatic rings. The summed E-state index contributed by atoms with van der Waals surface area (Å²) in [6.07, 6.45) is 6.44. The first-order valence-corrected chi connectivity index (χ1v) is 9.16. The zero-order chi connectivity index (χ0) is 20.4. The van der Waals surface area contributed by atoms with Gasteiger partial charge in [-0.2, -0.15) is 0 Å². The summed E-state index contributed by atoms with van der Waals surface area (Å²) >= 11 is 6.35. The van der Waals surface area contributed by atoms with Crippen molar-refractivity contribution < 1.29 is 13.9 Å². The fourth-order valence-electron chi connectivity index (χ4n) is 2.30. The summed E-state index contributed by atoms with van der Waals surface area (Å²) in [4.78, 5) is 15.6. The summed E-state index contributed by atoms with van der Waals surface area (Å²) in [5.74, 6) is -0.978. The molecule has 0 aliphatic heterocycles. The van der Waals surface area contributed by atoms with Gasteiger partial charge >= 0.3 is 5.97 Å². The van der Waals surface area contributed by atoms with E-state index in [-0.39, 0.29) is 0 Å². The second-order valence-electron chi connectivity index (χ2n) is 5.75. The molecular weight excluding hydrogens is 365 g/mol. The first-order valence-electron chi connectivity index (χ1n) is 8.78. The van der Waals surface area contributed by atoms with E-state index in [2.05, 4.69) is 25.4 Å². The molecule has 0 saturated heterocycles. The highest BCUT2D eigenvalue weighted by Crippen LogP contribution is 2.33. The van der Waals surface area contributed by atoms with Gasteiger partial charge in [-0.3, -0.25) is 4.98 Å². The molecule has 0 fully saturated rings. The van der Waals surface area contributed by atoms with Crippen molar-refractivity contribution in [2.75, 3.05) is 7.11 Å². The molecule has 0 spiro atoms. The predicted molar refractivity (Wildman–Crippen MR) is 110 cm³/mol. The van der Waals surface area contributed by atoms with Crippen molar-refractivity contribution >= 4 is 28.2 Å². The van der Waals surface area contributed by atoms with Gasteiger partial charge in [-0.15, -0.1) is 0 Å². The Labute approximate surface area is 165 Å². The van der Waals surface area contributed by atoms with Crippen molar-refractivity contribution in [1.82, 2.24) is 4.98 Å². The monoisotopic (exact) mass is 389 g/mol. The number of hydrogen-bond acceptors (Lipinski definition) is 3. The summed E-state index contributed by atoms with van der Waals surface area (Å²) in [6, 6.07) is 6.46. The van der Waals surface area contributed by atoms with Crippen LogP contribution in [-0.4, -0.2) is 18.1 Å². The van der Waals surface area contributed by atoms with Crippen LogP contribution in [0, 0.1) is 5.82 Å². The molecule has 0 amide bonds. The van der Waals surface area contributed by atoms with E-state index in [0.29, 0.717) is 32.9 Å². The van der Waals surface area contributed by atoms with Crippen molar-refractivity contribution in [1.29, 1.82) is 0 Å². The van der Waals surface area contributed by atoms with Gasteiger partial charge < -0.3 is 4.74 Å². The van der Waals surface area contributed by atoms with Gasteiger partial charge in [0.25, 0.3) is 0 Å². The maximum Gasteiger partial charge on any atom is 0.337 e. The number of methoxy groups -OCH3 is 1. The van der Waals surface area contributed by atoms with E-state index in [0.717, 1.165) is 12.6 Å². The average molecular weight is 390 g/mol. The third-order valence-electron chi connectivity index (χ3n) is 3.50. The molecule has 2 rings (SSSR count). The minimum atomic E-state index is -0.493. The number of carbonyl (C=O) groups excluding carboxylic acids is 1. The number of hydrogen-bond donors (Lipinski definition) is 0. The fourth-order valence-corrected chi connectivity index (χ4v) is 2.62. The maximum atomic E-state index is 14.1. The van der Waals surface area contributed by atoms with Gasteiger partial charge in [0.1, 0.15) is 5.82 Å². The lowest BCUT2D eigenvalue weighted by atomic mass is 9.93. The standard InChI is InChI=1S/C19H17ClFNO2.C3H8/c1-4-5-17(20)15-7-6-13(19(23)24-3)10-16(15)12(2)14-8-9-22-11-18(14)21;1-3-2/h5-11H,2,4H2,1,3H3;3H2,1-2H3/b17-5+;. The summed E-state index contributed by atoms with van der Waals surface area (Å²) < 4.78 is 18.8. The molecule has 0 atom stereocenters. The Bertz CT molecular complexity index is 831. The fraction of sp³-hybridized carbons (Fsp3) is 0.273. The van der Waals surface area contributed by atoms with Gasteiger partial charge in [-0.25, -0.2) is 9.18 Å². The van der Waals surface area contributed by atoms with Gasteiger partial charge in [-0.1, -0.05) is 57.5 Å². The largest absolute Gasteiger partial charge is 0.465 e. The average Bonchev–Trinajstić information content (AvgIpc) is 2.67. The van der Waals surface area contributed by atoms with Gasteiger partial charge in [-0.05, 0) is 35.8 Å². The molecule has 1 aromatic heterocycles. The zero-order valence-corrected chi connectivity index (χ0v) is 16.9. The highest BCUT2D eigenvalue weighted by molar-refractivity contribution is 6.49. The number of ether oxygens (including phenoxy) is 1. The Kier molecular flexibility index (Phi) is 9.45. The second kappa shape index (κ2) is 11.3. The first-order chi connectivity index (χ1) is 12.9. The van der Waals surface area contributed by atoms with Crippen molar-refractivity contribution in [3.05, 3.63) is 77.4 Å². The van der Waals surface area contributed by atoms with Crippen molar-refractivity contribution in [3.8, 4) is 0 Å². The summed E-state index contributed by atoms with van der Waals surface area (Å²) in [6.45, 7) is 10.2. The van der Waals surface area contributed by atoms with E-state index in [1.54, 1.807) is 18.2 Å². The Balaban J connectivity index is 0.00000114. The Morgan fingerprint density at radius 2 is 1.89 bits per heavy atom. The normalized spacial score (nSPS) is 10.7. The summed E-state index contributed by atoms with van der Waals surface area (Å²) in [5.41, 5.74) is 2.30. The van der Waals surface area contributed by atoms with Crippen LogP contribution >= 0.6 is 11.6 Å². The number of nitrogens with zero attached hydrogens (tertiary/aromatic N) is 1. The number of allylic oxidation sites excluding steroid dienone is 1. The predicted octanol–water partition coefficient (Wildman–Crippen LogP) is 6.47. The van der Waals surface area contributed by atoms with E-state index in [1.165, 1.54) is 25.8 Å². The number of benzene rings is 1. The number of aromatic nitrogens is 1. The van der Waals surface area contributed by atoms with Crippen molar-refractivity contribution in [2.24, 2.45) is 0 Å². The van der Waals surface area contributed by atoms with E-state index < -0.39 is 11.8 Å². The molecular formula is C22H25ClFNO2. The highest BCUT2D eigenvalue weighted by Gasteiger charge is 2.16. The van der Waals surface area contributed by atoms with E-state index in [1.807, 2.05) is 13.0 Å². The molecule has 0 radical (unpaired) electrons. The van der Waals surface area contributed by atoms with E-state index in [4.69, 9.17) is 16.3 Å². The van der Waals surface area contributed by atoms with Crippen LogP contribution < -0.4 is 0 Å². The van der Waals surface area contributed by atoms with Gasteiger partial charge in [0.05, 0.1) is 18.9 Å². The first kappa shape index (κ1) is 22.6. The molecule has 144 valence electrons. The van der Waals surface area contributed by atoms with Gasteiger partial charge in [0, 0.05) is 22.4 Å². The van der Waals surface area contributed by atoms with Crippen LogP contribution in [0.25, 0.3) is 10.6 Å². The minimum absolute atomic E-state index is 0.300. The van der Waals surface area contributed by atoms with Gasteiger partial charge in [0.15, 0.2) is 0 Å². The van der Waals surface area contributed by atoms with Crippen LogP contribution in [0.4, 0.5) is 4.39 Å². The van der Waals surface area contributed by atoms with E-state index >= 15 is 0 Å². The number of rotatable bonds is 5. The smallest absolute Gasteiger partial charge is 0.337 e. The molecule has 0 unspecified atom stereocenters. The lowest BCUT2D eigenvalue weighted by Crippen LogP contribution is -2.04. The van der Waals surface area contributed by atoms with Crippen LogP contribution in [-0.2, 0) is 4.74 Å². The molecule has 5 heteroatoms. The number of esters is 1. The third kappa shape index (κ3) is 6.04. The van der Waals surface area contributed by atoms with Crippen molar-refractivity contribution in [2.45, 2.75) is 33.6 Å². The molecule has 0 bridgehead atoms. The van der Waals surface area contributed by atoms with Crippen LogP contribution in [0.5, 0.6) is 0 Å². The Morgan fingerprint density at radius 3 is 2.44 bits per heavy atom. The second-order valence-corrected chi connectivity index (χ2v) is 6.16. The molecule has 1 heterocycles. The lowest BCUT2D eigenvalue weighted by Gasteiger charge is -2.14. The minimum Gasteiger partial charge on any atom is -0.465 e. The summed E-state index contributed by atoms with van der Waals surface area (Å²) in [7, 11) is 1.30. The number of pyridine rings is 1. The highest BCUT2D eigenvalue weighted by atomic mass is 35.5. The molecule has 27 heavy (non-hydrogen) atoms. The van der Waals surface area contributed by atoms with Crippen molar-refractivity contribution in [3.63, 3.8) is 0 Å². The van der Waals surface area contributed by atoms with Crippen LogP contribution in [0.2, 0.25) is 0 Å². The van der Waals surface area contributed by atoms with E-state index in [9.17, 15) is 9.18 Å². The summed E-state index contributed by atoms with van der Waals surface area (Å²) in [5, 5.41) is 0.513. The van der Waals surface area contributed by atoms with Crippen LogP contribution in [0.1, 0.15) is 60.7 Å². The van der Waals surface area contributed by atoms with Crippen LogP contribution in [0.3, 0.4) is 0 Å². The Hall–Kier alpha value is -2.46. The number of halogens is 2. The molecule has 0 aliphatic rings. The SMILES string of the molecule is C=C(c1ccncc1F)c1cc(C(=O)OC)ccc1/C(Cl)=C\CC.CCC. The molecule has 1 aromatic carbocycles. The van der Waals surface area contributed by atoms with Gasteiger partial charge in [0.2, 0.25) is 0 Å². The maximum absolute atomic E-state index is 14.1. The quantitative estimate of drug-likeness (QED) is 0.549. The molecule has 0 saturated carbocycles. The molecule has 3 nitrogen and oxygen atoms in total. The number of carbonyl (C=O) groups is 1. The zero-order valence-electron chi connectivity index (χ0n) is 16.2. The van der Waals surface area contributed by atoms with Crippen LogP contribution in [0.15, 0.2) is 49.3 Å². The third-order valence-corrected chi connectivity index (χ3v) is 3.86.